The largest absolute Gasteiger partial charge is 0.312 e. The maximum absolute atomic E-state index is 14.0. The average molecular weight is 493 g/mol. The summed E-state index contributed by atoms with van der Waals surface area (Å²) < 4.78 is 4.11. The highest BCUT2D eigenvalue weighted by Gasteiger charge is 2.24. The van der Waals surface area contributed by atoms with Crippen molar-refractivity contribution in [3.63, 3.8) is 0 Å². The molecule has 0 N–H and O–H groups in total. The topological polar surface area (TPSA) is 63.6 Å². The predicted molar refractivity (Wildman–Crippen MR) is 149 cm³/mol. The summed E-state index contributed by atoms with van der Waals surface area (Å²) in [6.45, 7) is 2.58. The number of fused-ring (bicyclic) bond motifs is 1. The lowest BCUT2D eigenvalue weighted by Crippen LogP contribution is -2.09. The summed E-state index contributed by atoms with van der Waals surface area (Å²) in [5.74, 6) is 0.850. The number of carbonyl (C=O) groups excluding carboxylic acids is 1. The molecule has 0 unspecified atom stereocenters. The Labute approximate surface area is 220 Å². The minimum Gasteiger partial charge on any atom is -0.312 e. The molecule has 0 radical (unpaired) electrons. The van der Waals surface area contributed by atoms with Gasteiger partial charge in [0.2, 0.25) is 0 Å². The Morgan fingerprint density at radius 1 is 0.868 bits per heavy atom. The molecule has 4 aromatic carbocycles. The molecule has 0 amide bonds. The number of imidazole rings is 1. The Bertz CT molecular complexity index is 1810. The van der Waals surface area contributed by atoms with Gasteiger partial charge in [-0.1, -0.05) is 84.9 Å². The first-order valence-electron chi connectivity index (χ1n) is 12.4. The number of benzene rings is 4. The SMILES string of the molecule is Cc1c(C(=O)c2ccccc2)c(-c2cccc3ccccc23)cn1-c1cncn1Cc1ccc(C#N)cc1. The molecule has 0 aliphatic heterocycles. The van der Waals surface area contributed by atoms with Crippen molar-refractivity contribution in [3.8, 4) is 23.0 Å². The molecule has 2 aromatic heterocycles. The third-order valence-corrected chi connectivity index (χ3v) is 6.97. The second kappa shape index (κ2) is 9.68. The minimum atomic E-state index is -0.0112. The third-order valence-electron chi connectivity index (χ3n) is 6.97. The fourth-order valence-electron chi connectivity index (χ4n) is 5.05. The number of carbonyl (C=O) groups is 1. The molecule has 5 heteroatoms. The second-order valence-corrected chi connectivity index (χ2v) is 9.28. The normalized spacial score (nSPS) is 10.9. The van der Waals surface area contributed by atoms with Crippen LogP contribution in [-0.4, -0.2) is 19.9 Å². The smallest absolute Gasteiger partial charge is 0.195 e. The lowest BCUT2D eigenvalue weighted by Gasteiger charge is -2.11. The van der Waals surface area contributed by atoms with Gasteiger partial charge in [-0.05, 0) is 41.0 Å². The Morgan fingerprint density at radius 2 is 1.61 bits per heavy atom. The van der Waals surface area contributed by atoms with Gasteiger partial charge in [-0.2, -0.15) is 5.26 Å². The van der Waals surface area contributed by atoms with Crippen molar-refractivity contribution in [2.45, 2.75) is 13.5 Å². The number of hydrogen-bond acceptors (Lipinski definition) is 3. The van der Waals surface area contributed by atoms with Crippen LogP contribution in [0.15, 0.2) is 116 Å². The van der Waals surface area contributed by atoms with E-state index in [1.165, 1.54) is 0 Å². The Morgan fingerprint density at radius 3 is 2.39 bits per heavy atom. The number of hydrogen-bond donors (Lipinski definition) is 0. The molecule has 0 aliphatic rings. The fourth-order valence-corrected chi connectivity index (χ4v) is 5.05. The second-order valence-electron chi connectivity index (χ2n) is 9.28. The van der Waals surface area contributed by atoms with Crippen molar-refractivity contribution < 1.29 is 4.79 Å². The zero-order valence-corrected chi connectivity index (χ0v) is 20.9. The fraction of sp³-hybridized carbons (Fsp3) is 0.0606. The highest BCUT2D eigenvalue weighted by atomic mass is 16.1. The molecule has 0 saturated carbocycles. The summed E-state index contributed by atoms with van der Waals surface area (Å²) in [6, 6.07) is 33.6. The molecule has 5 nitrogen and oxygen atoms in total. The first-order valence-corrected chi connectivity index (χ1v) is 12.4. The minimum absolute atomic E-state index is 0.0112. The van der Waals surface area contributed by atoms with Gasteiger partial charge in [0.05, 0.1) is 36.3 Å². The summed E-state index contributed by atoms with van der Waals surface area (Å²) in [4.78, 5) is 18.4. The molecular weight excluding hydrogens is 468 g/mol. The van der Waals surface area contributed by atoms with Crippen molar-refractivity contribution in [2.75, 3.05) is 0 Å². The lowest BCUT2D eigenvalue weighted by molar-refractivity contribution is 0.103. The first-order chi connectivity index (χ1) is 18.6. The van der Waals surface area contributed by atoms with Crippen LogP contribution in [0.2, 0.25) is 0 Å². The van der Waals surface area contributed by atoms with E-state index >= 15 is 0 Å². The van der Waals surface area contributed by atoms with E-state index in [4.69, 9.17) is 5.26 Å². The van der Waals surface area contributed by atoms with Gasteiger partial charge >= 0.3 is 0 Å². The molecule has 6 aromatic rings. The zero-order valence-electron chi connectivity index (χ0n) is 20.9. The average Bonchev–Trinajstić information content (AvgIpc) is 3.56. The Hall–Kier alpha value is -5.21. The van der Waals surface area contributed by atoms with E-state index < -0.39 is 0 Å². The third kappa shape index (κ3) is 4.08. The van der Waals surface area contributed by atoms with Crippen LogP contribution in [-0.2, 0) is 6.54 Å². The van der Waals surface area contributed by atoms with E-state index in [2.05, 4.69) is 50.6 Å². The van der Waals surface area contributed by atoms with Crippen molar-refractivity contribution >= 4 is 16.6 Å². The number of nitrogens with zero attached hydrogens (tertiary/aromatic N) is 4. The van der Waals surface area contributed by atoms with Gasteiger partial charge in [0.15, 0.2) is 5.78 Å². The van der Waals surface area contributed by atoms with Crippen LogP contribution in [0.25, 0.3) is 27.7 Å². The molecule has 2 heterocycles. The number of rotatable bonds is 6. The number of nitriles is 1. The van der Waals surface area contributed by atoms with Gasteiger partial charge in [-0.15, -0.1) is 0 Å². The quantitative estimate of drug-likeness (QED) is 0.236. The van der Waals surface area contributed by atoms with Crippen molar-refractivity contribution in [3.05, 3.63) is 144 Å². The number of ketones is 1. The predicted octanol–water partition coefficient (Wildman–Crippen LogP) is 6.95. The van der Waals surface area contributed by atoms with E-state index in [0.29, 0.717) is 23.2 Å². The molecule has 6 rings (SSSR count). The highest BCUT2D eigenvalue weighted by Crippen LogP contribution is 2.36. The van der Waals surface area contributed by atoms with Gasteiger partial charge in [0.1, 0.15) is 5.82 Å². The highest BCUT2D eigenvalue weighted by molar-refractivity contribution is 6.15. The molecular formula is C33H24N4O. The van der Waals surface area contributed by atoms with Gasteiger partial charge in [0, 0.05) is 23.0 Å². The molecule has 0 fully saturated rings. The van der Waals surface area contributed by atoms with E-state index in [1.807, 2.05) is 85.9 Å². The molecule has 0 bridgehead atoms. The van der Waals surface area contributed by atoms with E-state index in [0.717, 1.165) is 39.0 Å². The van der Waals surface area contributed by atoms with E-state index in [1.54, 1.807) is 6.33 Å². The number of aromatic nitrogens is 3. The monoisotopic (exact) mass is 492 g/mol. The van der Waals surface area contributed by atoms with Crippen LogP contribution in [0.1, 0.15) is 32.7 Å². The maximum Gasteiger partial charge on any atom is 0.195 e. The zero-order chi connectivity index (χ0) is 26.1. The van der Waals surface area contributed by atoms with Crippen molar-refractivity contribution in [1.29, 1.82) is 5.26 Å². The van der Waals surface area contributed by atoms with E-state index in [9.17, 15) is 4.79 Å². The van der Waals surface area contributed by atoms with Gasteiger partial charge in [0.25, 0.3) is 0 Å². The van der Waals surface area contributed by atoms with Crippen molar-refractivity contribution in [1.82, 2.24) is 14.1 Å². The van der Waals surface area contributed by atoms with Crippen LogP contribution in [0.3, 0.4) is 0 Å². The summed E-state index contributed by atoms with van der Waals surface area (Å²) in [7, 11) is 0. The van der Waals surface area contributed by atoms with Crippen molar-refractivity contribution in [2.24, 2.45) is 0 Å². The molecule has 0 spiro atoms. The molecule has 0 saturated heterocycles. The molecule has 182 valence electrons. The summed E-state index contributed by atoms with van der Waals surface area (Å²) >= 11 is 0. The van der Waals surface area contributed by atoms with Gasteiger partial charge < -0.3 is 9.13 Å². The maximum atomic E-state index is 14.0. The summed E-state index contributed by atoms with van der Waals surface area (Å²) in [6.07, 6.45) is 5.67. The Balaban J connectivity index is 1.52. The standard InChI is InChI=1S/C33H24N4O/c1-23-32(33(38)27-9-3-2-4-10-27)30(29-13-7-11-26-8-5-6-12-28(26)29)21-37(23)31-19-35-22-36(31)20-25-16-14-24(18-34)15-17-25/h2-17,19,21-22H,20H2,1H3. The van der Waals surface area contributed by atoms with Gasteiger partial charge in [-0.25, -0.2) is 4.98 Å². The van der Waals surface area contributed by atoms with Gasteiger partial charge in [-0.3, -0.25) is 4.79 Å². The van der Waals surface area contributed by atoms with Crippen LogP contribution < -0.4 is 0 Å². The van der Waals surface area contributed by atoms with Crippen LogP contribution in [0.4, 0.5) is 0 Å². The summed E-state index contributed by atoms with van der Waals surface area (Å²) in [5, 5.41) is 11.3. The van der Waals surface area contributed by atoms with Crippen LogP contribution >= 0.6 is 0 Å². The molecule has 38 heavy (non-hydrogen) atoms. The first kappa shape index (κ1) is 23.2. The lowest BCUT2D eigenvalue weighted by atomic mass is 9.93. The summed E-state index contributed by atoms with van der Waals surface area (Å²) in [5.41, 5.74) is 5.78. The van der Waals surface area contributed by atoms with Crippen LogP contribution in [0.5, 0.6) is 0 Å². The molecule has 0 aliphatic carbocycles. The van der Waals surface area contributed by atoms with E-state index in [-0.39, 0.29) is 5.78 Å². The molecule has 0 atom stereocenters. The Kier molecular flexibility index (Phi) is 5.91. The van der Waals surface area contributed by atoms with Crippen LogP contribution in [0, 0.1) is 18.3 Å².